The molecule has 1 heterocycles. The molecule has 1 aromatic carbocycles. The van der Waals surface area contributed by atoms with Crippen molar-refractivity contribution in [1.82, 2.24) is 10.2 Å². The van der Waals surface area contributed by atoms with Crippen LogP contribution in [0.1, 0.15) is 19.4 Å². The van der Waals surface area contributed by atoms with Crippen molar-refractivity contribution in [3.63, 3.8) is 0 Å². The Morgan fingerprint density at radius 1 is 1.38 bits per heavy atom. The Bertz CT molecular complexity index is 486. The molecule has 116 valence electrons. The predicted molar refractivity (Wildman–Crippen MR) is 86.0 cm³/mol. The molecule has 0 unspecified atom stereocenters. The first-order chi connectivity index (χ1) is 10.0. The van der Waals surface area contributed by atoms with Gasteiger partial charge in [0, 0.05) is 31.7 Å². The Hall–Kier alpha value is -1.52. The summed E-state index contributed by atoms with van der Waals surface area (Å²) >= 11 is 0. The zero-order valence-corrected chi connectivity index (χ0v) is 13.3. The first-order valence-corrected chi connectivity index (χ1v) is 7.42. The summed E-state index contributed by atoms with van der Waals surface area (Å²) in [5, 5.41) is 3.53. The minimum Gasteiger partial charge on any atom is -0.493 e. The number of methoxy groups -OCH3 is 1. The van der Waals surface area contributed by atoms with E-state index in [1.165, 1.54) is 5.56 Å². The molecule has 0 aliphatic carbocycles. The molecule has 0 atom stereocenters. The van der Waals surface area contributed by atoms with Crippen molar-refractivity contribution in [3.8, 4) is 11.5 Å². The van der Waals surface area contributed by atoms with E-state index in [1.54, 1.807) is 13.2 Å². The van der Waals surface area contributed by atoms with Gasteiger partial charge in [-0.25, -0.2) is 0 Å². The van der Waals surface area contributed by atoms with Crippen molar-refractivity contribution in [2.24, 2.45) is 0 Å². The Labute approximate surface area is 127 Å². The second-order valence-corrected chi connectivity index (χ2v) is 6.11. The van der Waals surface area contributed by atoms with Crippen molar-refractivity contribution in [3.05, 3.63) is 36.4 Å². The number of nitrogens with zero attached hydrogens (tertiary/aromatic N) is 1. The van der Waals surface area contributed by atoms with Crippen LogP contribution in [0.5, 0.6) is 11.5 Å². The highest BCUT2D eigenvalue weighted by Crippen LogP contribution is 2.29. The minimum absolute atomic E-state index is 0.176. The maximum absolute atomic E-state index is 5.59. The van der Waals surface area contributed by atoms with Gasteiger partial charge in [0.25, 0.3) is 0 Å². The molecule has 1 N–H and O–H groups in total. The lowest BCUT2D eigenvalue weighted by molar-refractivity contribution is 0.148. The summed E-state index contributed by atoms with van der Waals surface area (Å²) in [6, 6.07) is 6.15. The number of rotatable bonds is 6. The van der Waals surface area contributed by atoms with Crippen LogP contribution in [-0.4, -0.2) is 43.8 Å². The molecule has 0 radical (unpaired) electrons. The van der Waals surface area contributed by atoms with Crippen molar-refractivity contribution in [2.45, 2.75) is 25.9 Å². The van der Waals surface area contributed by atoms with E-state index in [9.17, 15) is 0 Å². The van der Waals surface area contributed by atoms with E-state index in [0.717, 1.165) is 37.7 Å². The van der Waals surface area contributed by atoms with Crippen LogP contribution in [0.4, 0.5) is 0 Å². The molecule has 0 saturated carbocycles. The second-order valence-electron chi connectivity index (χ2n) is 6.11. The number of hydrogen-bond acceptors (Lipinski definition) is 4. The monoisotopic (exact) mass is 290 g/mol. The molecule has 21 heavy (non-hydrogen) atoms. The lowest BCUT2D eigenvalue weighted by atomic mass is 10.0. The van der Waals surface area contributed by atoms with Gasteiger partial charge in [-0.1, -0.05) is 18.7 Å². The fourth-order valence-electron chi connectivity index (χ4n) is 2.72. The molecule has 2 rings (SSSR count). The Morgan fingerprint density at radius 3 is 2.86 bits per heavy atom. The SMILES string of the molecule is C=CCOc1ccc(CN2CCNC(C)(C)C2)cc1OC. The summed E-state index contributed by atoms with van der Waals surface area (Å²) in [4.78, 5) is 2.47. The van der Waals surface area contributed by atoms with Gasteiger partial charge in [0.15, 0.2) is 11.5 Å². The highest BCUT2D eigenvalue weighted by molar-refractivity contribution is 5.43. The summed E-state index contributed by atoms with van der Waals surface area (Å²) in [6.45, 7) is 12.7. The summed E-state index contributed by atoms with van der Waals surface area (Å²) < 4.78 is 11.0. The molecule has 0 aromatic heterocycles. The van der Waals surface area contributed by atoms with Crippen LogP contribution in [0.3, 0.4) is 0 Å². The molecule has 1 fully saturated rings. The first kappa shape index (κ1) is 15.9. The molecule has 4 heteroatoms. The number of piperazine rings is 1. The van der Waals surface area contributed by atoms with Gasteiger partial charge in [0.1, 0.15) is 6.61 Å². The molecular weight excluding hydrogens is 264 g/mol. The largest absolute Gasteiger partial charge is 0.493 e. The summed E-state index contributed by atoms with van der Waals surface area (Å²) in [6.07, 6.45) is 1.73. The van der Waals surface area contributed by atoms with E-state index in [0.29, 0.717) is 6.61 Å². The third-order valence-electron chi connectivity index (χ3n) is 3.64. The van der Waals surface area contributed by atoms with Gasteiger partial charge in [0.05, 0.1) is 7.11 Å². The van der Waals surface area contributed by atoms with Crippen LogP contribution >= 0.6 is 0 Å². The normalized spacial score (nSPS) is 18.2. The van der Waals surface area contributed by atoms with Gasteiger partial charge in [0.2, 0.25) is 0 Å². The number of benzene rings is 1. The van der Waals surface area contributed by atoms with Gasteiger partial charge < -0.3 is 14.8 Å². The third-order valence-corrected chi connectivity index (χ3v) is 3.64. The van der Waals surface area contributed by atoms with Crippen molar-refractivity contribution < 1.29 is 9.47 Å². The zero-order valence-electron chi connectivity index (χ0n) is 13.3. The molecule has 0 spiro atoms. The molecular formula is C17H26N2O2. The topological polar surface area (TPSA) is 33.7 Å². The molecule has 1 saturated heterocycles. The maximum atomic E-state index is 5.59. The molecule has 4 nitrogen and oxygen atoms in total. The van der Waals surface area contributed by atoms with Gasteiger partial charge in [-0.05, 0) is 31.5 Å². The van der Waals surface area contributed by atoms with E-state index in [4.69, 9.17) is 9.47 Å². The Morgan fingerprint density at radius 2 is 2.19 bits per heavy atom. The van der Waals surface area contributed by atoms with Gasteiger partial charge >= 0.3 is 0 Å². The van der Waals surface area contributed by atoms with E-state index in [1.807, 2.05) is 6.07 Å². The van der Waals surface area contributed by atoms with Crippen molar-refractivity contribution >= 4 is 0 Å². The lowest BCUT2D eigenvalue weighted by Gasteiger charge is -2.39. The average Bonchev–Trinajstić information content (AvgIpc) is 2.44. The van der Waals surface area contributed by atoms with E-state index in [-0.39, 0.29) is 5.54 Å². The van der Waals surface area contributed by atoms with Crippen LogP contribution in [0.2, 0.25) is 0 Å². The van der Waals surface area contributed by atoms with Gasteiger partial charge in [-0.3, -0.25) is 4.90 Å². The first-order valence-electron chi connectivity index (χ1n) is 7.42. The highest BCUT2D eigenvalue weighted by atomic mass is 16.5. The van der Waals surface area contributed by atoms with E-state index >= 15 is 0 Å². The minimum atomic E-state index is 0.176. The standard InChI is InChI=1S/C17H26N2O2/c1-5-10-21-15-7-6-14(11-16(15)20-4)12-19-9-8-18-17(2,3)13-19/h5-7,11,18H,1,8-10,12-13H2,2-4H3. The van der Waals surface area contributed by atoms with Crippen LogP contribution in [0.25, 0.3) is 0 Å². The summed E-state index contributed by atoms with van der Waals surface area (Å²) in [5.74, 6) is 1.55. The molecule has 1 aromatic rings. The smallest absolute Gasteiger partial charge is 0.161 e. The second kappa shape index (κ2) is 6.96. The van der Waals surface area contributed by atoms with Gasteiger partial charge in [-0.2, -0.15) is 0 Å². The van der Waals surface area contributed by atoms with Crippen LogP contribution in [-0.2, 0) is 6.54 Å². The quantitative estimate of drug-likeness (QED) is 0.816. The lowest BCUT2D eigenvalue weighted by Crippen LogP contribution is -2.56. The predicted octanol–water partition coefficient (Wildman–Crippen LogP) is 2.44. The van der Waals surface area contributed by atoms with Crippen LogP contribution in [0, 0.1) is 0 Å². The fourth-order valence-corrected chi connectivity index (χ4v) is 2.72. The number of hydrogen-bond donors (Lipinski definition) is 1. The molecule has 1 aliphatic rings. The molecule has 0 amide bonds. The molecule has 0 bridgehead atoms. The maximum Gasteiger partial charge on any atom is 0.161 e. The molecule has 1 aliphatic heterocycles. The summed E-state index contributed by atoms with van der Waals surface area (Å²) in [5.41, 5.74) is 1.42. The van der Waals surface area contributed by atoms with Crippen LogP contribution < -0.4 is 14.8 Å². The van der Waals surface area contributed by atoms with Crippen molar-refractivity contribution in [2.75, 3.05) is 33.4 Å². The highest BCUT2D eigenvalue weighted by Gasteiger charge is 2.25. The number of nitrogens with one attached hydrogen (secondary N) is 1. The van der Waals surface area contributed by atoms with E-state index < -0.39 is 0 Å². The number of ether oxygens (including phenoxy) is 2. The van der Waals surface area contributed by atoms with Crippen molar-refractivity contribution in [1.29, 1.82) is 0 Å². The summed E-state index contributed by atoms with van der Waals surface area (Å²) in [7, 11) is 1.67. The fraction of sp³-hybridized carbons (Fsp3) is 0.529. The van der Waals surface area contributed by atoms with Gasteiger partial charge in [-0.15, -0.1) is 0 Å². The van der Waals surface area contributed by atoms with Crippen LogP contribution in [0.15, 0.2) is 30.9 Å². The zero-order chi connectivity index (χ0) is 15.3. The third kappa shape index (κ3) is 4.48. The van der Waals surface area contributed by atoms with E-state index in [2.05, 4.69) is 42.8 Å². The Balaban J connectivity index is 2.05. The Kier molecular flexibility index (Phi) is 5.26. The average molecular weight is 290 g/mol.